The smallest absolute Gasteiger partial charge is 0.251 e. The van der Waals surface area contributed by atoms with Crippen LogP contribution >= 0.6 is 0 Å². The van der Waals surface area contributed by atoms with Crippen LogP contribution in [0.25, 0.3) is 0 Å². The topological polar surface area (TPSA) is 70.2 Å². The van der Waals surface area contributed by atoms with Crippen molar-refractivity contribution < 1.29 is 9.59 Å². The SMILES string of the molecule is CCC(=O)Nc1cccc(C(=O)NCC2CCCNC2)c1. The molecule has 114 valence electrons. The Morgan fingerprint density at radius 1 is 1.38 bits per heavy atom. The molecule has 0 saturated carbocycles. The van der Waals surface area contributed by atoms with Gasteiger partial charge in [0.05, 0.1) is 0 Å². The zero-order valence-corrected chi connectivity index (χ0v) is 12.4. The van der Waals surface area contributed by atoms with Crippen molar-refractivity contribution in [1.29, 1.82) is 0 Å². The number of carbonyl (C=O) groups excluding carboxylic acids is 2. The minimum Gasteiger partial charge on any atom is -0.352 e. The molecule has 21 heavy (non-hydrogen) atoms. The summed E-state index contributed by atoms with van der Waals surface area (Å²) in [4.78, 5) is 23.5. The fraction of sp³-hybridized carbons (Fsp3) is 0.500. The standard InChI is InChI=1S/C16H23N3O2/c1-2-15(20)19-14-7-3-6-13(9-14)16(21)18-11-12-5-4-8-17-10-12/h3,6-7,9,12,17H,2,4-5,8,10-11H2,1H3,(H,18,21)(H,19,20). The molecule has 0 aliphatic carbocycles. The Hall–Kier alpha value is -1.88. The van der Waals surface area contributed by atoms with Gasteiger partial charge in [0.15, 0.2) is 0 Å². The van der Waals surface area contributed by atoms with E-state index in [1.165, 1.54) is 6.42 Å². The summed E-state index contributed by atoms with van der Waals surface area (Å²) in [5.41, 5.74) is 1.24. The van der Waals surface area contributed by atoms with Gasteiger partial charge in [-0.25, -0.2) is 0 Å². The maximum absolute atomic E-state index is 12.2. The van der Waals surface area contributed by atoms with Crippen LogP contribution in [0.4, 0.5) is 5.69 Å². The first-order chi connectivity index (χ1) is 10.2. The van der Waals surface area contributed by atoms with Gasteiger partial charge in [-0.1, -0.05) is 13.0 Å². The summed E-state index contributed by atoms with van der Waals surface area (Å²) in [5.74, 6) is 0.361. The fourth-order valence-corrected chi connectivity index (χ4v) is 2.42. The molecule has 2 amide bonds. The number of amides is 2. The molecule has 1 unspecified atom stereocenters. The highest BCUT2D eigenvalue weighted by Gasteiger charge is 2.14. The normalized spacial score (nSPS) is 18.0. The van der Waals surface area contributed by atoms with E-state index in [4.69, 9.17) is 0 Å². The largest absolute Gasteiger partial charge is 0.352 e. The van der Waals surface area contributed by atoms with Gasteiger partial charge in [-0.15, -0.1) is 0 Å². The average Bonchev–Trinajstić information content (AvgIpc) is 2.53. The van der Waals surface area contributed by atoms with Crippen molar-refractivity contribution >= 4 is 17.5 Å². The monoisotopic (exact) mass is 289 g/mol. The Morgan fingerprint density at radius 2 is 2.24 bits per heavy atom. The van der Waals surface area contributed by atoms with E-state index in [1.54, 1.807) is 31.2 Å². The van der Waals surface area contributed by atoms with Crippen LogP contribution in [0.2, 0.25) is 0 Å². The molecule has 1 aliphatic rings. The Labute approximate surface area is 125 Å². The molecule has 3 N–H and O–H groups in total. The molecule has 5 nitrogen and oxygen atoms in total. The summed E-state index contributed by atoms with van der Waals surface area (Å²) < 4.78 is 0. The van der Waals surface area contributed by atoms with Crippen molar-refractivity contribution in [1.82, 2.24) is 10.6 Å². The van der Waals surface area contributed by atoms with Gasteiger partial charge in [-0.05, 0) is 50.0 Å². The first-order valence-electron chi connectivity index (χ1n) is 7.58. The molecule has 1 saturated heterocycles. The van der Waals surface area contributed by atoms with Crippen LogP contribution in [0.3, 0.4) is 0 Å². The number of hydrogen-bond acceptors (Lipinski definition) is 3. The Bertz CT molecular complexity index is 496. The average molecular weight is 289 g/mol. The molecular formula is C16H23N3O2. The molecule has 0 spiro atoms. The molecule has 1 heterocycles. The molecule has 0 radical (unpaired) electrons. The van der Waals surface area contributed by atoms with Crippen LogP contribution in [0.1, 0.15) is 36.5 Å². The van der Waals surface area contributed by atoms with E-state index in [9.17, 15) is 9.59 Å². The van der Waals surface area contributed by atoms with Crippen molar-refractivity contribution in [2.24, 2.45) is 5.92 Å². The Balaban J connectivity index is 1.89. The minimum absolute atomic E-state index is 0.0548. The quantitative estimate of drug-likeness (QED) is 0.773. The zero-order chi connectivity index (χ0) is 15.1. The number of nitrogens with one attached hydrogen (secondary N) is 3. The molecule has 1 fully saturated rings. The minimum atomic E-state index is -0.0897. The van der Waals surface area contributed by atoms with E-state index >= 15 is 0 Å². The van der Waals surface area contributed by atoms with Crippen molar-refractivity contribution in [2.75, 3.05) is 25.0 Å². The van der Waals surface area contributed by atoms with Crippen LogP contribution < -0.4 is 16.0 Å². The van der Waals surface area contributed by atoms with E-state index in [0.29, 0.717) is 30.1 Å². The van der Waals surface area contributed by atoms with Crippen LogP contribution in [0, 0.1) is 5.92 Å². The zero-order valence-electron chi connectivity index (χ0n) is 12.4. The lowest BCUT2D eigenvalue weighted by Gasteiger charge is -2.22. The van der Waals surface area contributed by atoms with Crippen LogP contribution in [-0.2, 0) is 4.79 Å². The molecule has 2 rings (SSSR count). The van der Waals surface area contributed by atoms with Gasteiger partial charge in [-0.2, -0.15) is 0 Å². The maximum atomic E-state index is 12.2. The Kier molecular flexibility index (Phi) is 5.75. The lowest BCUT2D eigenvalue weighted by molar-refractivity contribution is -0.115. The fourth-order valence-electron chi connectivity index (χ4n) is 2.42. The van der Waals surface area contributed by atoms with Crippen molar-refractivity contribution in [3.63, 3.8) is 0 Å². The van der Waals surface area contributed by atoms with E-state index < -0.39 is 0 Å². The highest BCUT2D eigenvalue weighted by Crippen LogP contribution is 2.12. The molecule has 1 aromatic rings. The van der Waals surface area contributed by atoms with E-state index in [1.807, 2.05) is 0 Å². The first-order valence-corrected chi connectivity index (χ1v) is 7.58. The van der Waals surface area contributed by atoms with Gasteiger partial charge in [0.2, 0.25) is 5.91 Å². The number of benzene rings is 1. The highest BCUT2D eigenvalue weighted by atomic mass is 16.2. The predicted molar refractivity (Wildman–Crippen MR) is 83.3 cm³/mol. The second-order valence-corrected chi connectivity index (χ2v) is 5.40. The molecular weight excluding hydrogens is 266 g/mol. The summed E-state index contributed by atoms with van der Waals surface area (Å²) in [5, 5.41) is 9.07. The lowest BCUT2D eigenvalue weighted by Crippen LogP contribution is -2.38. The van der Waals surface area contributed by atoms with Gasteiger partial charge in [0.25, 0.3) is 5.91 Å². The molecule has 1 aromatic carbocycles. The van der Waals surface area contributed by atoms with Crippen molar-refractivity contribution in [3.8, 4) is 0 Å². The molecule has 1 aliphatic heterocycles. The summed E-state index contributed by atoms with van der Waals surface area (Å²) in [6, 6.07) is 7.04. The van der Waals surface area contributed by atoms with Gasteiger partial charge in [0, 0.05) is 24.2 Å². The van der Waals surface area contributed by atoms with Gasteiger partial charge in [0.1, 0.15) is 0 Å². The van der Waals surface area contributed by atoms with Gasteiger partial charge < -0.3 is 16.0 Å². The highest BCUT2D eigenvalue weighted by molar-refractivity contribution is 5.97. The number of rotatable bonds is 5. The van der Waals surface area contributed by atoms with Crippen LogP contribution in [0.15, 0.2) is 24.3 Å². The third-order valence-corrected chi connectivity index (χ3v) is 3.68. The third kappa shape index (κ3) is 4.86. The van der Waals surface area contributed by atoms with Crippen LogP contribution in [-0.4, -0.2) is 31.4 Å². The summed E-state index contributed by atoms with van der Waals surface area (Å²) in [7, 11) is 0. The third-order valence-electron chi connectivity index (χ3n) is 3.68. The number of carbonyl (C=O) groups is 2. The van der Waals surface area contributed by atoms with E-state index in [-0.39, 0.29) is 11.8 Å². The second-order valence-electron chi connectivity index (χ2n) is 5.40. The van der Waals surface area contributed by atoms with Gasteiger partial charge in [-0.3, -0.25) is 9.59 Å². The molecule has 0 bridgehead atoms. The lowest BCUT2D eigenvalue weighted by atomic mass is 9.99. The molecule has 1 atom stereocenters. The predicted octanol–water partition coefficient (Wildman–Crippen LogP) is 1.76. The summed E-state index contributed by atoms with van der Waals surface area (Å²) in [6.45, 7) is 4.53. The molecule has 0 aromatic heterocycles. The van der Waals surface area contributed by atoms with E-state index in [2.05, 4.69) is 16.0 Å². The summed E-state index contributed by atoms with van der Waals surface area (Å²) >= 11 is 0. The van der Waals surface area contributed by atoms with Gasteiger partial charge >= 0.3 is 0 Å². The number of anilines is 1. The number of hydrogen-bond donors (Lipinski definition) is 3. The number of piperidine rings is 1. The Morgan fingerprint density at radius 3 is 2.95 bits per heavy atom. The van der Waals surface area contributed by atoms with Crippen LogP contribution in [0.5, 0.6) is 0 Å². The van der Waals surface area contributed by atoms with Crippen molar-refractivity contribution in [3.05, 3.63) is 29.8 Å². The maximum Gasteiger partial charge on any atom is 0.251 e. The second kappa shape index (κ2) is 7.78. The molecule has 5 heteroatoms. The van der Waals surface area contributed by atoms with E-state index in [0.717, 1.165) is 19.5 Å². The first kappa shape index (κ1) is 15.5. The van der Waals surface area contributed by atoms with Crippen molar-refractivity contribution in [2.45, 2.75) is 26.2 Å². The summed E-state index contributed by atoms with van der Waals surface area (Å²) in [6.07, 6.45) is 2.74.